The fourth-order valence-corrected chi connectivity index (χ4v) is 1.06. The molecule has 4 heteroatoms. The van der Waals surface area contributed by atoms with E-state index in [1.165, 1.54) is 0 Å². The van der Waals surface area contributed by atoms with Crippen molar-refractivity contribution in [2.24, 2.45) is 4.36 Å². The van der Waals surface area contributed by atoms with Gasteiger partial charge in [-0.05, 0) is 0 Å². The lowest BCUT2D eigenvalue weighted by Gasteiger charge is -1.84. The van der Waals surface area contributed by atoms with Crippen molar-refractivity contribution >= 4 is 10.8 Å². The molecule has 0 aromatic heterocycles. The van der Waals surface area contributed by atoms with E-state index in [1.54, 1.807) is 0 Å². The highest BCUT2D eigenvalue weighted by Gasteiger charge is 1.83. The highest BCUT2D eigenvalue weighted by molar-refractivity contribution is 7.72. The van der Waals surface area contributed by atoms with E-state index in [0.717, 1.165) is 0 Å². The van der Waals surface area contributed by atoms with Crippen LogP contribution in [-0.2, 0) is 10.8 Å². The molecule has 1 unspecified atom stereocenters. The molecule has 0 amide bonds. The third-order valence-corrected chi connectivity index (χ3v) is 1.70. The van der Waals surface area contributed by atoms with Gasteiger partial charge in [-0.15, -0.1) is 0 Å². The predicted molar refractivity (Wildman–Crippen MR) is 34.0 cm³/mol. The van der Waals surface area contributed by atoms with Gasteiger partial charge in [-0.2, -0.15) is 0 Å². The zero-order valence-electron chi connectivity index (χ0n) is 4.37. The van der Waals surface area contributed by atoms with Crippen LogP contribution in [-0.4, -0.2) is 17.3 Å². The minimum Gasteiger partial charge on any atom is -0.237 e. The molecule has 1 N–H and O–H groups in total. The molecule has 1 heterocycles. The average molecular weight is 132 g/mol. The van der Waals surface area contributed by atoms with Gasteiger partial charge in [-0.25, -0.2) is 13.3 Å². The second-order valence-corrected chi connectivity index (χ2v) is 2.58. The predicted octanol–water partition coefficient (Wildman–Crippen LogP) is -0.275. The Morgan fingerprint density at radius 1 is 1.62 bits per heavy atom. The van der Waals surface area contributed by atoms with Crippen LogP contribution in [0.5, 0.6) is 0 Å². The van der Waals surface area contributed by atoms with Gasteiger partial charge in [0.2, 0.25) is 0 Å². The van der Waals surface area contributed by atoms with E-state index in [4.69, 9.17) is 0 Å². The largest absolute Gasteiger partial charge is 0.237 e. The van der Waals surface area contributed by atoms with E-state index in [9.17, 15) is 4.21 Å². The van der Waals surface area contributed by atoms with Crippen LogP contribution < -0.4 is 4.72 Å². The van der Waals surface area contributed by atoms with E-state index in [1.807, 2.05) is 12.2 Å². The molecule has 0 aromatic rings. The lowest BCUT2D eigenvalue weighted by atomic mass is 10.5. The zero-order valence-corrected chi connectivity index (χ0v) is 5.27. The molecule has 0 radical (unpaired) electrons. The fraction of sp³-hybridized carbons (Fsp3) is 0.500. The normalized spacial score (nSPS) is 28.8. The summed E-state index contributed by atoms with van der Waals surface area (Å²) in [5.41, 5.74) is 0. The highest BCUT2D eigenvalue weighted by Crippen LogP contribution is 1.80. The summed E-state index contributed by atoms with van der Waals surface area (Å²) in [6, 6.07) is 0. The van der Waals surface area contributed by atoms with E-state index in [2.05, 4.69) is 9.08 Å². The Labute approximate surface area is 50.1 Å². The first-order valence-electron chi connectivity index (χ1n) is 2.43. The summed E-state index contributed by atoms with van der Waals surface area (Å²) >= 11 is 0. The summed E-state index contributed by atoms with van der Waals surface area (Å²) in [5, 5.41) is 0. The van der Waals surface area contributed by atoms with Crippen LogP contribution in [0.15, 0.2) is 16.5 Å². The molecular weight excluding hydrogens is 124 g/mol. The van der Waals surface area contributed by atoms with Gasteiger partial charge in [0.15, 0.2) is 0 Å². The van der Waals surface area contributed by atoms with Crippen molar-refractivity contribution in [2.45, 2.75) is 0 Å². The number of nitrogens with one attached hydrogen (secondary N) is 1. The van der Waals surface area contributed by atoms with Crippen molar-refractivity contribution in [3.8, 4) is 0 Å². The van der Waals surface area contributed by atoms with Crippen LogP contribution in [0.4, 0.5) is 0 Å². The molecule has 0 saturated heterocycles. The molecule has 1 rings (SSSR count). The zero-order chi connectivity index (χ0) is 5.82. The van der Waals surface area contributed by atoms with E-state index >= 15 is 0 Å². The average Bonchev–Trinajstić information content (AvgIpc) is 1.94. The molecule has 8 heavy (non-hydrogen) atoms. The number of nitrogens with zero attached hydrogens (tertiary/aromatic N) is 1. The molecule has 1 aliphatic rings. The first-order valence-corrected chi connectivity index (χ1v) is 3.64. The number of hydrogen-bond acceptors (Lipinski definition) is 2. The van der Waals surface area contributed by atoms with Crippen LogP contribution in [0.1, 0.15) is 0 Å². The van der Waals surface area contributed by atoms with Crippen molar-refractivity contribution in [1.29, 1.82) is 0 Å². The molecule has 0 bridgehead atoms. The maximum absolute atomic E-state index is 10.5. The Hall–Kier alpha value is -0.350. The minimum absolute atomic E-state index is 0.586. The summed E-state index contributed by atoms with van der Waals surface area (Å²) in [6.07, 6.45) is 3.82. The first-order chi connectivity index (χ1) is 3.89. The van der Waals surface area contributed by atoms with Crippen molar-refractivity contribution in [2.75, 3.05) is 13.1 Å². The maximum atomic E-state index is 10.5. The quantitative estimate of drug-likeness (QED) is 0.345. The monoisotopic (exact) mass is 132 g/mol. The molecule has 0 spiro atoms. The second-order valence-electron chi connectivity index (χ2n) is 1.43. The van der Waals surface area contributed by atoms with Crippen LogP contribution in [0.25, 0.3) is 0 Å². The van der Waals surface area contributed by atoms with E-state index in [-0.39, 0.29) is 0 Å². The SMILES string of the molecule is O=[SH]1=NCC=CCN1. The molecule has 0 aliphatic carbocycles. The summed E-state index contributed by atoms with van der Waals surface area (Å²) in [5.74, 6) is 0. The van der Waals surface area contributed by atoms with Gasteiger partial charge in [-0.1, -0.05) is 12.2 Å². The van der Waals surface area contributed by atoms with E-state index < -0.39 is 10.8 Å². The molecule has 1 aliphatic heterocycles. The van der Waals surface area contributed by atoms with Crippen LogP contribution >= 0.6 is 0 Å². The Bertz CT molecular complexity index is 169. The van der Waals surface area contributed by atoms with Crippen molar-refractivity contribution in [3.05, 3.63) is 12.2 Å². The molecule has 3 nitrogen and oxygen atoms in total. The lowest BCUT2D eigenvalue weighted by Crippen LogP contribution is -2.08. The Kier molecular flexibility index (Phi) is 2.05. The first kappa shape index (κ1) is 5.78. The van der Waals surface area contributed by atoms with Crippen molar-refractivity contribution < 1.29 is 4.21 Å². The number of rotatable bonds is 0. The van der Waals surface area contributed by atoms with Gasteiger partial charge < -0.3 is 0 Å². The molecule has 46 valence electrons. The summed E-state index contributed by atoms with van der Waals surface area (Å²) in [7, 11) is -1.46. The van der Waals surface area contributed by atoms with Crippen molar-refractivity contribution in [3.63, 3.8) is 0 Å². The Morgan fingerprint density at radius 2 is 2.50 bits per heavy atom. The lowest BCUT2D eigenvalue weighted by molar-refractivity contribution is 0.681. The highest BCUT2D eigenvalue weighted by atomic mass is 32.2. The van der Waals surface area contributed by atoms with Gasteiger partial charge in [0.05, 0.1) is 17.3 Å². The minimum atomic E-state index is -1.46. The van der Waals surface area contributed by atoms with Crippen LogP contribution in [0.2, 0.25) is 0 Å². The van der Waals surface area contributed by atoms with Gasteiger partial charge in [0.25, 0.3) is 0 Å². The molecule has 0 fully saturated rings. The third kappa shape index (κ3) is 1.63. The van der Waals surface area contributed by atoms with Crippen LogP contribution in [0, 0.1) is 0 Å². The molecular formula is C4H8N2OS. The second kappa shape index (κ2) is 2.84. The van der Waals surface area contributed by atoms with Crippen LogP contribution in [0.3, 0.4) is 0 Å². The number of hydrogen-bond donors (Lipinski definition) is 2. The Morgan fingerprint density at radius 3 is 3.38 bits per heavy atom. The smallest absolute Gasteiger partial charge is 0.0969 e. The van der Waals surface area contributed by atoms with Gasteiger partial charge in [-0.3, -0.25) is 0 Å². The molecule has 0 aromatic carbocycles. The molecule has 1 atom stereocenters. The van der Waals surface area contributed by atoms with Crippen molar-refractivity contribution in [1.82, 2.24) is 4.72 Å². The summed E-state index contributed by atoms with van der Waals surface area (Å²) in [6.45, 7) is 1.26. The van der Waals surface area contributed by atoms with Gasteiger partial charge in [0, 0.05) is 6.54 Å². The van der Waals surface area contributed by atoms with Gasteiger partial charge >= 0.3 is 0 Å². The maximum Gasteiger partial charge on any atom is 0.0969 e. The fourth-order valence-electron chi connectivity index (χ4n) is 0.460. The summed E-state index contributed by atoms with van der Waals surface area (Å²) in [4.78, 5) is 0. The van der Waals surface area contributed by atoms with E-state index in [0.29, 0.717) is 13.1 Å². The number of thiol groups is 1. The third-order valence-electron chi connectivity index (χ3n) is 0.827. The Balaban J connectivity index is 2.62. The summed E-state index contributed by atoms with van der Waals surface area (Å²) < 4.78 is 16.9. The standard InChI is InChI=1S/C4H8N2OS/c7-8-5-3-1-2-4-6-8/h1-2,8H,3-4H2,(H,5,6,7). The topological polar surface area (TPSA) is 41.5 Å². The molecule has 0 saturated carbocycles. The van der Waals surface area contributed by atoms with Gasteiger partial charge in [0.1, 0.15) is 0 Å².